The predicted octanol–water partition coefficient (Wildman–Crippen LogP) is 4.95. The van der Waals surface area contributed by atoms with Gasteiger partial charge in [-0.1, -0.05) is 78.4 Å². The lowest BCUT2D eigenvalue weighted by Crippen LogP contribution is -2.44. The van der Waals surface area contributed by atoms with Gasteiger partial charge < -0.3 is 16.0 Å². The first kappa shape index (κ1) is 26.3. The highest BCUT2D eigenvalue weighted by molar-refractivity contribution is 14.1. The van der Waals surface area contributed by atoms with Gasteiger partial charge in [0.25, 0.3) is 5.91 Å². The highest BCUT2D eigenvalue weighted by Gasteiger charge is 2.45. The standard InChI is InChI=1S/C25H31ClIN5O2/c1-16(2)11-25(3)22(33)32(23(28)31-25)15-18-6-4-17(5-7-18)13-29-24(34)30-14-19-8-9-21(26)10-20(19)12-27/h4-10,16H,11-15H2,1-3H3,(H2,28,31)(H2,29,30,34). The molecule has 1 saturated heterocycles. The number of amides is 3. The quantitative estimate of drug-likeness (QED) is 0.244. The molecular formula is C25H31ClIN5O2. The third-order valence-corrected chi connectivity index (χ3v) is 6.82. The highest BCUT2D eigenvalue weighted by atomic mass is 127. The summed E-state index contributed by atoms with van der Waals surface area (Å²) in [5.74, 6) is 0.416. The number of alkyl halides is 1. The Morgan fingerprint density at radius 1 is 1.12 bits per heavy atom. The van der Waals surface area contributed by atoms with Crippen LogP contribution in [-0.4, -0.2) is 28.3 Å². The number of nitrogens with one attached hydrogen (secondary N) is 4. The van der Waals surface area contributed by atoms with E-state index in [-0.39, 0.29) is 17.9 Å². The summed E-state index contributed by atoms with van der Waals surface area (Å²) in [6, 6.07) is 13.1. The van der Waals surface area contributed by atoms with Gasteiger partial charge in [-0.25, -0.2) is 4.79 Å². The summed E-state index contributed by atoms with van der Waals surface area (Å²) < 4.78 is 0.818. The third kappa shape index (κ3) is 6.63. The monoisotopic (exact) mass is 595 g/mol. The molecule has 9 heteroatoms. The van der Waals surface area contributed by atoms with Crippen molar-refractivity contribution in [3.8, 4) is 0 Å². The van der Waals surface area contributed by atoms with Crippen molar-refractivity contribution in [2.45, 2.75) is 56.8 Å². The second-order valence-corrected chi connectivity index (χ2v) is 10.4. The van der Waals surface area contributed by atoms with Crippen LogP contribution in [0.1, 0.15) is 49.4 Å². The molecule has 0 aliphatic carbocycles. The SMILES string of the molecule is CC(C)CC1(C)NC(=N)N(Cc2ccc(CNC(=O)NCc3ccc(Cl)cc3CI)cc2)C1=O. The summed E-state index contributed by atoms with van der Waals surface area (Å²) in [5, 5.41) is 17.7. The maximum atomic E-state index is 12.9. The predicted molar refractivity (Wildman–Crippen MR) is 144 cm³/mol. The topological polar surface area (TPSA) is 97.3 Å². The largest absolute Gasteiger partial charge is 0.342 e. The molecule has 1 aliphatic heterocycles. The van der Waals surface area contributed by atoms with Crippen molar-refractivity contribution < 1.29 is 9.59 Å². The lowest BCUT2D eigenvalue weighted by Gasteiger charge is -2.24. The van der Waals surface area contributed by atoms with Gasteiger partial charge >= 0.3 is 6.03 Å². The van der Waals surface area contributed by atoms with Crippen LogP contribution in [-0.2, 0) is 28.9 Å². The Hall–Kier alpha value is -2.33. The molecule has 0 spiro atoms. The summed E-state index contributed by atoms with van der Waals surface area (Å²) in [6.07, 6.45) is 0.675. The van der Waals surface area contributed by atoms with Crippen LogP contribution < -0.4 is 16.0 Å². The first-order valence-electron chi connectivity index (χ1n) is 11.2. The molecule has 0 saturated carbocycles. The highest BCUT2D eigenvalue weighted by Crippen LogP contribution is 2.26. The Bertz CT molecular complexity index is 1060. The fourth-order valence-corrected chi connectivity index (χ4v) is 5.05. The van der Waals surface area contributed by atoms with E-state index in [2.05, 4.69) is 52.4 Å². The number of halogens is 2. The maximum absolute atomic E-state index is 12.9. The number of carbonyl (C=O) groups is 2. The molecule has 1 aliphatic rings. The van der Waals surface area contributed by atoms with Crippen molar-refractivity contribution in [3.63, 3.8) is 0 Å². The normalized spacial score (nSPS) is 17.8. The van der Waals surface area contributed by atoms with E-state index in [9.17, 15) is 9.59 Å². The van der Waals surface area contributed by atoms with E-state index in [1.54, 1.807) is 0 Å². The van der Waals surface area contributed by atoms with Gasteiger partial charge in [0.1, 0.15) is 5.54 Å². The summed E-state index contributed by atoms with van der Waals surface area (Å²) in [7, 11) is 0. The molecule has 3 rings (SSSR count). The zero-order chi connectivity index (χ0) is 24.9. The molecule has 182 valence electrons. The number of nitrogens with zero attached hydrogens (tertiary/aromatic N) is 1. The van der Waals surface area contributed by atoms with E-state index in [4.69, 9.17) is 17.0 Å². The van der Waals surface area contributed by atoms with Crippen molar-refractivity contribution in [2.24, 2.45) is 5.92 Å². The van der Waals surface area contributed by atoms with Gasteiger partial charge in [0.15, 0.2) is 5.96 Å². The molecule has 1 heterocycles. The summed E-state index contributed by atoms with van der Waals surface area (Å²) >= 11 is 8.32. The van der Waals surface area contributed by atoms with Crippen LogP contribution in [0.3, 0.4) is 0 Å². The van der Waals surface area contributed by atoms with Crippen LogP contribution in [0.4, 0.5) is 4.79 Å². The van der Waals surface area contributed by atoms with Gasteiger partial charge in [0, 0.05) is 22.5 Å². The molecule has 7 nitrogen and oxygen atoms in total. The second kappa shape index (κ2) is 11.4. The lowest BCUT2D eigenvalue weighted by atomic mass is 9.91. The molecule has 34 heavy (non-hydrogen) atoms. The number of carbonyl (C=O) groups excluding carboxylic acids is 2. The molecule has 1 atom stereocenters. The average Bonchev–Trinajstić information content (AvgIpc) is 2.99. The Labute approximate surface area is 219 Å². The molecule has 0 bridgehead atoms. The van der Waals surface area contributed by atoms with E-state index in [0.29, 0.717) is 37.0 Å². The van der Waals surface area contributed by atoms with Crippen molar-refractivity contribution in [2.75, 3.05) is 0 Å². The van der Waals surface area contributed by atoms with Gasteiger partial charge in [-0.2, -0.15) is 0 Å². The Morgan fingerprint density at radius 2 is 1.76 bits per heavy atom. The minimum Gasteiger partial charge on any atom is -0.342 e. The number of urea groups is 1. The van der Waals surface area contributed by atoms with Crippen molar-refractivity contribution in [1.29, 1.82) is 5.41 Å². The smallest absolute Gasteiger partial charge is 0.315 e. The Balaban J connectivity index is 1.50. The first-order chi connectivity index (χ1) is 16.1. The summed E-state index contributed by atoms with van der Waals surface area (Å²) in [6.45, 7) is 7.16. The van der Waals surface area contributed by atoms with Crippen LogP contribution >= 0.6 is 34.2 Å². The fourth-order valence-electron chi connectivity index (χ4n) is 4.14. The van der Waals surface area contributed by atoms with Crippen molar-refractivity contribution >= 4 is 52.1 Å². The van der Waals surface area contributed by atoms with Gasteiger partial charge in [-0.05, 0) is 53.6 Å². The minimum absolute atomic E-state index is 0.0694. The number of hydrogen-bond acceptors (Lipinski definition) is 3. The van der Waals surface area contributed by atoms with E-state index < -0.39 is 5.54 Å². The minimum atomic E-state index is -0.730. The Morgan fingerprint density at radius 3 is 2.41 bits per heavy atom. The molecule has 0 aromatic heterocycles. The van der Waals surface area contributed by atoms with E-state index in [1.165, 1.54) is 4.90 Å². The van der Waals surface area contributed by atoms with Crippen molar-refractivity contribution in [1.82, 2.24) is 20.9 Å². The summed E-state index contributed by atoms with van der Waals surface area (Å²) in [5.41, 5.74) is 3.29. The van der Waals surface area contributed by atoms with E-state index in [0.717, 1.165) is 26.7 Å². The number of guanidine groups is 1. The average molecular weight is 596 g/mol. The zero-order valence-electron chi connectivity index (χ0n) is 19.7. The third-order valence-electron chi connectivity index (χ3n) is 5.77. The molecule has 2 aromatic rings. The molecule has 0 radical (unpaired) electrons. The van der Waals surface area contributed by atoms with Crippen LogP contribution in [0.25, 0.3) is 0 Å². The molecule has 2 aromatic carbocycles. The van der Waals surface area contributed by atoms with Gasteiger partial charge in [-0.3, -0.25) is 15.1 Å². The van der Waals surface area contributed by atoms with Crippen LogP contribution in [0.5, 0.6) is 0 Å². The number of hydrogen-bond donors (Lipinski definition) is 4. The van der Waals surface area contributed by atoms with Gasteiger partial charge in [-0.15, -0.1) is 0 Å². The summed E-state index contributed by atoms with van der Waals surface area (Å²) in [4.78, 5) is 26.6. The van der Waals surface area contributed by atoms with E-state index in [1.807, 2.05) is 49.4 Å². The molecule has 1 unspecified atom stereocenters. The van der Waals surface area contributed by atoms with Crippen LogP contribution in [0.15, 0.2) is 42.5 Å². The first-order valence-corrected chi connectivity index (χ1v) is 13.1. The van der Waals surface area contributed by atoms with Crippen LogP contribution in [0.2, 0.25) is 5.02 Å². The second-order valence-electron chi connectivity index (χ2n) is 9.19. The van der Waals surface area contributed by atoms with E-state index >= 15 is 0 Å². The molecule has 4 N–H and O–H groups in total. The Kier molecular flexibility index (Phi) is 8.81. The van der Waals surface area contributed by atoms with Gasteiger partial charge in [0.2, 0.25) is 0 Å². The molecule has 3 amide bonds. The molecular weight excluding hydrogens is 565 g/mol. The number of rotatable bonds is 9. The zero-order valence-corrected chi connectivity index (χ0v) is 22.6. The lowest BCUT2D eigenvalue weighted by molar-refractivity contribution is -0.131. The van der Waals surface area contributed by atoms with Gasteiger partial charge in [0.05, 0.1) is 6.54 Å². The maximum Gasteiger partial charge on any atom is 0.315 e. The molecule has 1 fully saturated rings. The number of benzene rings is 2. The fraction of sp³-hybridized carbons (Fsp3) is 0.400. The van der Waals surface area contributed by atoms with Crippen LogP contribution in [0, 0.1) is 11.3 Å². The van der Waals surface area contributed by atoms with Crippen molar-refractivity contribution in [3.05, 3.63) is 69.7 Å².